The highest BCUT2D eigenvalue weighted by atomic mass is 35.5. The summed E-state index contributed by atoms with van der Waals surface area (Å²) >= 11 is 13.2. The Morgan fingerprint density at radius 1 is 1.03 bits per heavy atom. The lowest BCUT2D eigenvalue weighted by Crippen LogP contribution is -2.27. The molecule has 1 saturated heterocycles. The van der Waals surface area contributed by atoms with Crippen molar-refractivity contribution in [1.29, 1.82) is 0 Å². The molecule has 1 fully saturated rings. The van der Waals surface area contributed by atoms with Crippen molar-refractivity contribution >= 4 is 52.2 Å². The smallest absolute Gasteiger partial charge is 0.293 e. The molecule has 0 bridgehead atoms. The van der Waals surface area contributed by atoms with Gasteiger partial charge in [0.25, 0.3) is 11.1 Å². The minimum atomic E-state index is -0.331. The van der Waals surface area contributed by atoms with Gasteiger partial charge in [-0.2, -0.15) is 0 Å². The molecule has 2 heterocycles. The number of nitrogens with zero attached hydrogens (tertiary/aromatic N) is 1. The molecule has 2 amide bonds. The first-order chi connectivity index (χ1) is 13.9. The van der Waals surface area contributed by atoms with Crippen LogP contribution in [0.3, 0.4) is 0 Å². The van der Waals surface area contributed by atoms with Gasteiger partial charge < -0.3 is 4.42 Å². The van der Waals surface area contributed by atoms with E-state index in [0.717, 1.165) is 22.9 Å². The van der Waals surface area contributed by atoms with Gasteiger partial charge in [0.1, 0.15) is 11.5 Å². The van der Waals surface area contributed by atoms with Gasteiger partial charge in [-0.1, -0.05) is 53.5 Å². The molecule has 0 aliphatic carbocycles. The lowest BCUT2D eigenvalue weighted by molar-refractivity contribution is -0.123. The first-order valence-electron chi connectivity index (χ1n) is 8.78. The van der Waals surface area contributed by atoms with Gasteiger partial charge in [-0.25, -0.2) is 0 Å². The van der Waals surface area contributed by atoms with Crippen LogP contribution in [0.1, 0.15) is 16.9 Å². The topological polar surface area (TPSA) is 50.5 Å². The summed E-state index contributed by atoms with van der Waals surface area (Å²) in [6.45, 7) is 2.20. The first kappa shape index (κ1) is 19.8. The fourth-order valence-corrected chi connectivity index (χ4v) is 4.20. The van der Waals surface area contributed by atoms with Gasteiger partial charge in [0, 0.05) is 11.6 Å². The van der Waals surface area contributed by atoms with Crippen LogP contribution in [0.15, 0.2) is 63.9 Å². The van der Waals surface area contributed by atoms with Gasteiger partial charge in [-0.15, -0.1) is 0 Å². The van der Waals surface area contributed by atoms with Gasteiger partial charge in [0.15, 0.2) is 0 Å². The third-order valence-corrected chi connectivity index (χ3v) is 6.31. The van der Waals surface area contributed by atoms with Crippen molar-refractivity contribution < 1.29 is 14.0 Å². The Morgan fingerprint density at radius 2 is 1.83 bits per heavy atom. The molecule has 1 aliphatic rings. The van der Waals surface area contributed by atoms with E-state index in [-0.39, 0.29) is 17.7 Å². The van der Waals surface area contributed by atoms with E-state index in [0.29, 0.717) is 32.0 Å². The number of furan rings is 1. The molecule has 29 heavy (non-hydrogen) atoms. The quantitative estimate of drug-likeness (QED) is 0.416. The van der Waals surface area contributed by atoms with Crippen LogP contribution in [0.2, 0.25) is 10.0 Å². The maximum atomic E-state index is 12.7. The number of amides is 2. The summed E-state index contributed by atoms with van der Waals surface area (Å²) in [7, 11) is 0. The zero-order valence-electron chi connectivity index (χ0n) is 15.3. The number of aryl methyl sites for hydroxylation is 1. The fourth-order valence-electron chi connectivity index (χ4n) is 2.99. The van der Waals surface area contributed by atoms with E-state index in [1.54, 1.807) is 36.4 Å². The van der Waals surface area contributed by atoms with Crippen LogP contribution in [0.5, 0.6) is 0 Å². The predicted octanol–water partition coefficient (Wildman–Crippen LogP) is 6.80. The molecule has 0 radical (unpaired) electrons. The van der Waals surface area contributed by atoms with Gasteiger partial charge in [-0.3, -0.25) is 14.5 Å². The summed E-state index contributed by atoms with van der Waals surface area (Å²) in [5, 5.41) is 0.530. The highest BCUT2D eigenvalue weighted by Crippen LogP contribution is 2.37. The Hall–Kier alpha value is -2.47. The molecule has 146 valence electrons. The minimum Gasteiger partial charge on any atom is -0.457 e. The number of benzene rings is 2. The molecule has 4 nitrogen and oxygen atoms in total. The summed E-state index contributed by atoms with van der Waals surface area (Å²) in [6, 6.07) is 16.4. The van der Waals surface area contributed by atoms with Crippen LogP contribution >= 0.6 is 35.0 Å². The Bertz CT molecular complexity index is 1150. The average molecular weight is 444 g/mol. The molecule has 2 aromatic carbocycles. The van der Waals surface area contributed by atoms with Crippen LogP contribution in [-0.2, 0) is 11.3 Å². The van der Waals surface area contributed by atoms with Gasteiger partial charge >= 0.3 is 0 Å². The molecule has 0 saturated carbocycles. The van der Waals surface area contributed by atoms with Crippen LogP contribution < -0.4 is 0 Å². The van der Waals surface area contributed by atoms with Crippen molar-refractivity contribution in [3.05, 3.63) is 86.4 Å². The maximum absolute atomic E-state index is 12.7. The average Bonchev–Trinajstić information content (AvgIpc) is 3.26. The first-order valence-corrected chi connectivity index (χ1v) is 10.4. The largest absolute Gasteiger partial charge is 0.457 e. The Morgan fingerprint density at radius 3 is 2.62 bits per heavy atom. The van der Waals surface area contributed by atoms with E-state index < -0.39 is 0 Å². The third kappa shape index (κ3) is 3.99. The summed E-state index contributed by atoms with van der Waals surface area (Å²) in [5.41, 5.74) is 2.63. The van der Waals surface area contributed by atoms with Crippen LogP contribution in [0, 0.1) is 6.92 Å². The monoisotopic (exact) mass is 443 g/mol. The SMILES string of the molecule is Cc1ccccc1CN1C(=O)S/C(=C\c2ccc(-c3cccc(Cl)c3Cl)o2)C1=O. The highest BCUT2D eigenvalue weighted by Gasteiger charge is 2.35. The van der Waals surface area contributed by atoms with Crippen molar-refractivity contribution in [2.75, 3.05) is 0 Å². The van der Waals surface area contributed by atoms with E-state index in [1.807, 2.05) is 31.2 Å². The summed E-state index contributed by atoms with van der Waals surface area (Å²) in [5.74, 6) is 0.655. The molecule has 1 aromatic heterocycles. The second-order valence-electron chi connectivity index (χ2n) is 6.50. The Labute approximate surface area is 182 Å². The third-order valence-electron chi connectivity index (χ3n) is 4.58. The zero-order chi connectivity index (χ0) is 20.5. The number of imide groups is 1. The summed E-state index contributed by atoms with van der Waals surface area (Å²) < 4.78 is 5.81. The molecule has 0 N–H and O–H groups in total. The van der Waals surface area contributed by atoms with E-state index in [9.17, 15) is 9.59 Å². The van der Waals surface area contributed by atoms with Gasteiger partial charge in [-0.05, 0) is 54.1 Å². The molecular formula is C22H15Cl2NO3S. The normalized spacial score (nSPS) is 15.6. The van der Waals surface area contributed by atoms with Gasteiger partial charge in [0.05, 0.1) is 21.5 Å². The van der Waals surface area contributed by atoms with Crippen molar-refractivity contribution in [1.82, 2.24) is 4.90 Å². The Kier molecular flexibility index (Phi) is 5.54. The fraction of sp³-hybridized carbons (Fsp3) is 0.0909. The molecule has 7 heteroatoms. The lowest BCUT2D eigenvalue weighted by atomic mass is 10.1. The number of hydrogen-bond acceptors (Lipinski definition) is 4. The molecule has 0 spiro atoms. The van der Waals surface area contributed by atoms with E-state index in [4.69, 9.17) is 27.6 Å². The Balaban J connectivity index is 1.57. The van der Waals surface area contributed by atoms with Crippen molar-refractivity contribution in [3.63, 3.8) is 0 Å². The predicted molar refractivity (Wildman–Crippen MR) is 117 cm³/mol. The zero-order valence-corrected chi connectivity index (χ0v) is 17.6. The molecule has 3 aromatic rings. The van der Waals surface area contributed by atoms with Crippen molar-refractivity contribution in [2.24, 2.45) is 0 Å². The van der Waals surface area contributed by atoms with Crippen LogP contribution in [-0.4, -0.2) is 16.0 Å². The van der Waals surface area contributed by atoms with Gasteiger partial charge in [0.2, 0.25) is 0 Å². The molecule has 0 unspecified atom stereocenters. The summed E-state index contributed by atoms with van der Waals surface area (Å²) in [4.78, 5) is 26.7. The van der Waals surface area contributed by atoms with E-state index >= 15 is 0 Å². The van der Waals surface area contributed by atoms with E-state index in [1.165, 1.54) is 4.90 Å². The number of rotatable bonds is 4. The van der Waals surface area contributed by atoms with Crippen LogP contribution in [0.4, 0.5) is 4.79 Å². The molecule has 1 aliphatic heterocycles. The number of thioether (sulfide) groups is 1. The minimum absolute atomic E-state index is 0.246. The number of halogens is 2. The second-order valence-corrected chi connectivity index (χ2v) is 8.28. The maximum Gasteiger partial charge on any atom is 0.293 e. The molecule has 0 atom stereocenters. The number of carbonyl (C=O) groups excluding carboxylic acids is 2. The highest BCUT2D eigenvalue weighted by molar-refractivity contribution is 8.18. The van der Waals surface area contributed by atoms with Crippen LogP contribution in [0.25, 0.3) is 17.4 Å². The van der Waals surface area contributed by atoms with Crippen molar-refractivity contribution in [3.8, 4) is 11.3 Å². The summed E-state index contributed by atoms with van der Waals surface area (Å²) in [6.07, 6.45) is 1.57. The number of carbonyl (C=O) groups is 2. The standard InChI is InChI=1S/C22H15Cl2NO3S/c1-13-5-2-3-6-14(13)12-25-21(26)19(29-22(25)27)11-15-9-10-18(28-15)16-7-4-8-17(23)20(16)24/h2-11H,12H2,1H3/b19-11-. The van der Waals surface area contributed by atoms with Crippen molar-refractivity contribution in [2.45, 2.75) is 13.5 Å². The number of hydrogen-bond donors (Lipinski definition) is 0. The molecule has 4 rings (SSSR count). The molecular weight excluding hydrogens is 429 g/mol. The van der Waals surface area contributed by atoms with E-state index in [2.05, 4.69) is 0 Å². The second kappa shape index (κ2) is 8.11. The lowest BCUT2D eigenvalue weighted by Gasteiger charge is -2.14.